The fraction of sp³-hybridized carbons (Fsp3) is 0.739. The summed E-state index contributed by atoms with van der Waals surface area (Å²) < 4.78 is 16.7. The summed E-state index contributed by atoms with van der Waals surface area (Å²) in [6, 6.07) is 1.81. The highest BCUT2D eigenvalue weighted by Crippen LogP contribution is 2.65. The second-order valence-corrected chi connectivity index (χ2v) is 10.1. The predicted octanol–water partition coefficient (Wildman–Crippen LogP) is 3.46. The van der Waals surface area contributed by atoms with Crippen molar-refractivity contribution in [2.75, 3.05) is 7.11 Å². The van der Waals surface area contributed by atoms with Gasteiger partial charge in [0.15, 0.2) is 0 Å². The lowest BCUT2D eigenvalue weighted by molar-refractivity contribution is -0.230. The number of hydrogen-bond acceptors (Lipinski definition) is 6. The molecule has 2 saturated carbocycles. The summed E-state index contributed by atoms with van der Waals surface area (Å²) in [5.41, 5.74) is 0.502. The van der Waals surface area contributed by atoms with Gasteiger partial charge in [-0.2, -0.15) is 0 Å². The van der Waals surface area contributed by atoms with E-state index in [1.54, 1.807) is 12.3 Å². The Morgan fingerprint density at radius 1 is 1.24 bits per heavy atom. The molecule has 1 aromatic rings. The monoisotopic (exact) mass is 404 g/mol. The molecule has 7 atom stereocenters. The van der Waals surface area contributed by atoms with Gasteiger partial charge in [-0.05, 0) is 35.7 Å². The highest BCUT2D eigenvalue weighted by molar-refractivity contribution is 5.79. The molecule has 3 aliphatic carbocycles. The van der Waals surface area contributed by atoms with Crippen LogP contribution in [0.2, 0.25) is 0 Å². The van der Waals surface area contributed by atoms with Gasteiger partial charge in [0.2, 0.25) is 0 Å². The van der Waals surface area contributed by atoms with Crippen molar-refractivity contribution in [2.24, 2.45) is 28.6 Å². The second-order valence-electron chi connectivity index (χ2n) is 10.1. The summed E-state index contributed by atoms with van der Waals surface area (Å²) in [5.74, 6) is -0.931. The van der Waals surface area contributed by atoms with Crippen LogP contribution < -0.4 is 0 Å². The molecule has 2 fully saturated rings. The van der Waals surface area contributed by atoms with Crippen LogP contribution in [0.25, 0.3) is 0 Å². The first kappa shape index (κ1) is 20.5. The number of esters is 2. The van der Waals surface area contributed by atoms with Crippen LogP contribution in [0.4, 0.5) is 0 Å². The molecule has 160 valence electrons. The highest BCUT2D eigenvalue weighted by Gasteiger charge is 2.66. The van der Waals surface area contributed by atoms with Gasteiger partial charge in [0, 0.05) is 30.7 Å². The van der Waals surface area contributed by atoms with Crippen LogP contribution in [-0.2, 0) is 25.5 Å². The Morgan fingerprint density at radius 2 is 1.97 bits per heavy atom. The van der Waals surface area contributed by atoms with Crippen molar-refractivity contribution >= 4 is 11.9 Å². The van der Waals surface area contributed by atoms with Crippen LogP contribution in [0.5, 0.6) is 0 Å². The van der Waals surface area contributed by atoms with Crippen molar-refractivity contribution in [3.8, 4) is 0 Å². The van der Waals surface area contributed by atoms with Crippen molar-refractivity contribution in [3.63, 3.8) is 0 Å². The van der Waals surface area contributed by atoms with Crippen LogP contribution in [0.15, 0.2) is 16.7 Å². The maximum Gasteiger partial charge on any atom is 0.313 e. The van der Waals surface area contributed by atoms with E-state index in [-0.39, 0.29) is 34.6 Å². The SMILES string of the molecule is COC(=O)[C@@H]1c2ccoc2C[C@@H]2[C@@H]1[C@@H](O)[C@H](OC(C)=O)[C@H]1C(C)(C)CCC[C@@]21C. The molecule has 0 aliphatic heterocycles. The third kappa shape index (κ3) is 2.94. The normalized spacial score (nSPS) is 40.2. The molecule has 0 aromatic carbocycles. The summed E-state index contributed by atoms with van der Waals surface area (Å²) in [7, 11) is 1.37. The zero-order valence-electron chi connectivity index (χ0n) is 17.9. The van der Waals surface area contributed by atoms with Crippen molar-refractivity contribution in [3.05, 3.63) is 23.7 Å². The van der Waals surface area contributed by atoms with E-state index in [9.17, 15) is 14.7 Å². The van der Waals surface area contributed by atoms with Gasteiger partial charge in [0.1, 0.15) is 11.9 Å². The summed E-state index contributed by atoms with van der Waals surface area (Å²) in [6.07, 6.45) is 3.76. The van der Waals surface area contributed by atoms with Gasteiger partial charge in [-0.15, -0.1) is 0 Å². The molecule has 6 nitrogen and oxygen atoms in total. The molecule has 0 unspecified atom stereocenters. The number of carbonyl (C=O) groups is 2. The second kappa shape index (κ2) is 6.86. The Bertz CT molecular complexity index is 810. The van der Waals surface area contributed by atoms with Gasteiger partial charge in [0.25, 0.3) is 0 Å². The highest BCUT2D eigenvalue weighted by atomic mass is 16.6. The quantitative estimate of drug-likeness (QED) is 0.760. The van der Waals surface area contributed by atoms with E-state index in [0.717, 1.165) is 30.6 Å². The number of fused-ring (bicyclic) bond motifs is 4. The summed E-state index contributed by atoms with van der Waals surface area (Å²) in [5, 5.41) is 11.6. The van der Waals surface area contributed by atoms with Crippen molar-refractivity contribution < 1.29 is 28.6 Å². The van der Waals surface area contributed by atoms with Crippen LogP contribution in [0, 0.1) is 28.6 Å². The molecule has 1 N–H and O–H groups in total. The Kier molecular flexibility index (Phi) is 4.84. The number of ether oxygens (including phenoxy) is 2. The number of hydrogen-bond donors (Lipinski definition) is 1. The van der Waals surface area contributed by atoms with E-state index in [0.29, 0.717) is 6.42 Å². The molecule has 0 amide bonds. The standard InChI is InChI=1S/C23H32O6/c1-12(24)29-19-18(25)17-14(23(4)9-6-8-22(2,3)20(19)23)11-15-13(7-10-28-15)16(17)21(26)27-5/h7,10,14,16-20,25H,6,8-9,11H2,1-5H3/t14-,16-,17+,18-,19+,20+,23+/m1/s1. The third-order valence-corrected chi connectivity index (χ3v) is 8.12. The smallest absolute Gasteiger partial charge is 0.313 e. The molecular formula is C23H32O6. The van der Waals surface area contributed by atoms with Gasteiger partial charge in [-0.1, -0.05) is 27.2 Å². The van der Waals surface area contributed by atoms with Gasteiger partial charge in [-0.3, -0.25) is 9.59 Å². The molecule has 6 heteroatoms. The molecule has 1 aromatic heterocycles. The Hall–Kier alpha value is -1.82. The van der Waals surface area contributed by atoms with Crippen LogP contribution in [0.3, 0.4) is 0 Å². The fourth-order valence-corrected chi connectivity index (χ4v) is 7.20. The molecule has 0 radical (unpaired) electrons. The first-order valence-corrected chi connectivity index (χ1v) is 10.6. The van der Waals surface area contributed by atoms with E-state index in [1.807, 2.05) is 0 Å². The molecule has 1 heterocycles. The molecular weight excluding hydrogens is 372 g/mol. The number of carbonyl (C=O) groups excluding carboxylic acids is 2. The van der Waals surface area contributed by atoms with Crippen molar-refractivity contribution in [2.45, 2.75) is 71.5 Å². The summed E-state index contributed by atoms with van der Waals surface area (Å²) >= 11 is 0. The number of furan rings is 1. The minimum absolute atomic E-state index is 0.00120. The minimum atomic E-state index is -0.938. The van der Waals surface area contributed by atoms with Crippen molar-refractivity contribution in [1.82, 2.24) is 0 Å². The van der Waals surface area contributed by atoms with Gasteiger partial charge in [0.05, 0.1) is 25.4 Å². The lowest BCUT2D eigenvalue weighted by Gasteiger charge is -2.64. The molecule has 0 saturated heterocycles. The maximum atomic E-state index is 12.9. The topological polar surface area (TPSA) is 86.0 Å². The predicted molar refractivity (Wildman–Crippen MR) is 105 cm³/mol. The maximum absolute atomic E-state index is 12.9. The molecule has 4 rings (SSSR count). The number of rotatable bonds is 2. The number of aliphatic hydroxyl groups is 1. The number of methoxy groups -OCH3 is 1. The van der Waals surface area contributed by atoms with E-state index in [1.165, 1.54) is 14.0 Å². The molecule has 3 aliphatic rings. The molecule has 0 bridgehead atoms. The fourth-order valence-electron chi connectivity index (χ4n) is 7.20. The van der Waals surface area contributed by atoms with Crippen LogP contribution in [-0.4, -0.2) is 36.4 Å². The molecule has 29 heavy (non-hydrogen) atoms. The first-order valence-electron chi connectivity index (χ1n) is 10.6. The zero-order valence-corrected chi connectivity index (χ0v) is 17.9. The van der Waals surface area contributed by atoms with Gasteiger partial charge >= 0.3 is 11.9 Å². The van der Waals surface area contributed by atoms with Crippen LogP contribution >= 0.6 is 0 Å². The van der Waals surface area contributed by atoms with E-state index in [2.05, 4.69) is 20.8 Å². The first-order chi connectivity index (χ1) is 13.6. The zero-order chi connectivity index (χ0) is 21.1. The molecule has 0 spiro atoms. The lowest BCUT2D eigenvalue weighted by Crippen LogP contribution is -2.66. The minimum Gasteiger partial charge on any atom is -0.469 e. The average Bonchev–Trinajstić information content (AvgIpc) is 3.10. The Morgan fingerprint density at radius 3 is 2.62 bits per heavy atom. The van der Waals surface area contributed by atoms with E-state index in [4.69, 9.17) is 13.9 Å². The third-order valence-electron chi connectivity index (χ3n) is 8.12. The average molecular weight is 405 g/mol. The van der Waals surface area contributed by atoms with E-state index < -0.39 is 24.1 Å². The van der Waals surface area contributed by atoms with Gasteiger partial charge in [-0.25, -0.2) is 0 Å². The van der Waals surface area contributed by atoms with Crippen molar-refractivity contribution in [1.29, 1.82) is 0 Å². The summed E-state index contributed by atoms with van der Waals surface area (Å²) in [4.78, 5) is 24.9. The lowest BCUT2D eigenvalue weighted by atomic mass is 9.42. The van der Waals surface area contributed by atoms with E-state index >= 15 is 0 Å². The summed E-state index contributed by atoms with van der Waals surface area (Å²) in [6.45, 7) is 8.05. The largest absolute Gasteiger partial charge is 0.469 e. The Balaban J connectivity index is 1.89. The van der Waals surface area contributed by atoms with Gasteiger partial charge < -0.3 is 19.0 Å². The number of aliphatic hydroxyl groups excluding tert-OH is 1. The van der Waals surface area contributed by atoms with Crippen LogP contribution in [0.1, 0.15) is 64.2 Å². The Labute approximate surface area is 171 Å².